The summed E-state index contributed by atoms with van der Waals surface area (Å²) >= 11 is 0. The van der Waals surface area contributed by atoms with Crippen LogP contribution < -0.4 is 10.6 Å². The molecule has 2 aromatic heterocycles. The van der Waals surface area contributed by atoms with Crippen molar-refractivity contribution in [2.45, 2.75) is 26.8 Å². The van der Waals surface area contributed by atoms with Gasteiger partial charge in [-0.1, -0.05) is 36.4 Å². The van der Waals surface area contributed by atoms with Gasteiger partial charge in [-0.2, -0.15) is 0 Å². The third-order valence-electron chi connectivity index (χ3n) is 5.08. The Kier molecular flexibility index (Phi) is 7.68. The summed E-state index contributed by atoms with van der Waals surface area (Å²) in [7, 11) is 0. The molecule has 5 nitrogen and oxygen atoms in total. The maximum Gasteiger partial charge on any atom is 0.191 e. The van der Waals surface area contributed by atoms with Crippen molar-refractivity contribution in [1.82, 2.24) is 20.6 Å². The van der Waals surface area contributed by atoms with Crippen molar-refractivity contribution in [3.63, 3.8) is 0 Å². The molecule has 4 aromatic rings. The lowest BCUT2D eigenvalue weighted by atomic mass is 10.1. The first-order valence-corrected chi connectivity index (χ1v) is 10.2. The van der Waals surface area contributed by atoms with E-state index in [1.807, 2.05) is 12.3 Å². The molecule has 6 heteroatoms. The number of nitrogens with one attached hydrogen (secondary N) is 3. The van der Waals surface area contributed by atoms with Gasteiger partial charge in [-0.25, -0.2) is 4.99 Å². The van der Waals surface area contributed by atoms with Crippen LogP contribution in [0.5, 0.6) is 0 Å². The molecule has 0 radical (unpaired) electrons. The van der Waals surface area contributed by atoms with E-state index < -0.39 is 0 Å². The smallest absolute Gasteiger partial charge is 0.191 e. The molecule has 30 heavy (non-hydrogen) atoms. The van der Waals surface area contributed by atoms with Gasteiger partial charge in [0.2, 0.25) is 0 Å². The molecular formula is C24H28IN5. The van der Waals surface area contributed by atoms with Crippen LogP contribution in [-0.2, 0) is 13.0 Å². The minimum absolute atomic E-state index is 0. The van der Waals surface area contributed by atoms with Crippen molar-refractivity contribution in [1.29, 1.82) is 0 Å². The highest BCUT2D eigenvalue weighted by Gasteiger charge is 2.05. The standard InChI is InChI=1S/C24H27N5.HI/c1-3-25-24(29-16-20-7-4-6-18-8-5-12-26-23(18)20)27-13-11-19-15-28-22-14-17(2)9-10-21(19)22;/h4-10,12,14-15,28H,3,11,13,16H2,1-2H3,(H2,25,27,29);1H. The summed E-state index contributed by atoms with van der Waals surface area (Å²) in [6.45, 7) is 6.44. The number of fused-ring (bicyclic) bond motifs is 2. The van der Waals surface area contributed by atoms with E-state index in [0.29, 0.717) is 6.54 Å². The molecule has 0 aliphatic carbocycles. The van der Waals surface area contributed by atoms with Crippen LogP contribution in [0.3, 0.4) is 0 Å². The average Bonchev–Trinajstić information content (AvgIpc) is 3.14. The SMILES string of the molecule is CCNC(=NCc1cccc2cccnc12)NCCc1c[nH]c2cc(C)ccc12.I. The van der Waals surface area contributed by atoms with Crippen molar-refractivity contribution in [3.05, 3.63) is 77.6 Å². The minimum Gasteiger partial charge on any atom is -0.361 e. The van der Waals surface area contributed by atoms with E-state index in [-0.39, 0.29) is 24.0 Å². The lowest BCUT2D eigenvalue weighted by Gasteiger charge is -2.11. The fourth-order valence-electron chi connectivity index (χ4n) is 3.62. The molecule has 0 saturated heterocycles. The summed E-state index contributed by atoms with van der Waals surface area (Å²) < 4.78 is 0. The van der Waals surface area contributed by atoms with Gasteiger partial charge in [0.15, 0.2) is 5.96 Å². The maximum absolute atomic E-state index is 4.77. The lowest BCUT2D eigenvalue weighted by Crippen LogP contribution is -2.38. The first-order chi connectivity index (χ1) is 14.2. The zero-order valence-electron chi connectivity index (χ0n) is 17.4. The van der Waals surface area contributed by atoms with E-state index in [1.54, 1.807) is 0 Å². The van der Waals surface area contributed by atoms with Gasteiger partial charge in [-0.3, -0.25) is 4.98 Å². The van der Waals surface area contributed by atoms with Crippen molar-refractivity contribution in [2.24, 2.45) is 4.99 Å². The van der Waals surface area contributed by atoms with Crippen LogP contribution in [0.15, 0.2) is 65.9 Å². The number of rotatable bonds is 6. The first-order valence-electron chi connectivity index (χ1n) is 10.2. The number of aliphatic imine (C=N–C) groups is 1. The van der Waals surface area contributed by atoms with Gasteiger partial charge in [0.1, 0.15) is 0 Å². The molecular weight excluding hydrogens is 485 g/mol. The van der Waals surface area contributed by atoms with Crippen molar-refractivity contribution in [2.75, 3.05) is 13.1 Å². The molecule has 0 aliphatic rings. The Labute approximate surface area is 194 Å². The van der Waals surface area contributed by atoms with Gasteiger partial charge in [0.25, 0.3) is 0 Å². The van der Waals surface area contributed by atoms with E-state index in [0.717, 1.165) is 41.9 Å². The maximum atomic E-state index is 4.77. The van der Waals surface area contributed by atoms with E-state index in [9.17, 15) is 0 Å². The van der Waals surface area contributed by atoms with Crippen LogP contribution in [0.4, 0.5) is 0 Å². The van der Waals surface area contributed by atoms with Gasteiger partial charge in [-0.05, 0) is 49.1 Å². The Balaban J connectivity index is 0.00000256. The molecule has 2 aromatic carbocycles. The number of pyridine rings is 1. The average molecular weight is 513 g/mol. The Bertz CT molecular complexity index is 1140. The summed E-state index contributed by atoms with van der Waals surface area (Å²) in [5, 5.41) is 9.23. The summed E-state index contributed by atoms with van der Waals surface area (Å²) in [4.78, 5) is 12.7. The Morgan fingerprint density at radius 2 is 1.93 bits per heavy atom. The molecule has 0 atom stereocenters. The summed E-state index contributed by atoms with van der Waals surface area (Å²) in [5.41, 5.74) is 5.94. The van der Waals surface area contributed by atoms with Crippen molar-refractivity contribution in [3.8, 4) is 0 Å². The van der Waals surface area contributed by atoms with E-state index in [1.165, 1.54) is 22.0 Å². The summed E-state index contributed by atoms with van der Waals surface area (Å²) in [5.74, 6) is 0.830. The van der Waals surface area contributed by atoms with E-state index >= 15 is 0 Å². The predicted octanol–water partition coefficient (Wildman–Crippen LogP) is 4.94. The third kappa shape index (κ3) is 5.11. The van der Waals surface area contributed by atoms with Gasteiger partial charge in [0.05, 0.1) is 12.1 Å². The number of benzene rings is 2. The molecule has 156 valence electrons. The number of hydrogen-bond donors (Lipinski definition) is 3. The lowest BCUT2D eigenvalue weighted by molar-refractivity contribution is 0.802. The van der Waals surface area contributed by atoms with E-state index in [2.05, 4.69) is 83.1 Å². The van der Waals surface area contributed by atoms with Gasteiger partial charge < -0.3 is 15.6 Å². The van der Waals surface area contributed by atoms with Crippen LogP contribution in [0, 0.1) is 6.92 Å². The summed E-state index contributed by atoms with van der Waals surface area (Å²) in [6.07, 6.45) is 4.88. The summed E-state index contributed by atoms with van der Waals surface area (Å²) in [6, 6.07) is 16.8. The normalized spacial score (nSPS) is 11.5. The van der Waals surface area contributed by atoms with Crippen LogP contribution in [-0.4, -0.2) is 29.0 Å². The monoisotopic (exact) mass is 513 g/mol. The zero-order valence-corrected chi connectivity index (χ0v) is 19.7. The number of guanidine groups is 1. The van der Waals surface area contributed by atoms with Crippen LogP contribution >= 0.6 is 24.0 Å². The molecule has 0 bridgehead atoms. The molecule has 3 N–H and O–H groups in total. The minimum atomic E-state index is 0. The fraction of sp³-hybridized carbons (Fsp3) is 0.250. The number of aromatic nitrogens is 2. The number of para-hydroxylation sites is 1. The van der Waals surface area contributed by atoms with Crippen molar-refractivity contribution >= 4 is 51.7 Å². The molecule has 0 aliphatic heterocycles. The molecule has 0 unspecified atom stereocenters. The molecule has 0 fully saturated rings. The predicted molar refractivity (Wildman–Crippen MR) is 137 cm³/mol. The van der Waals surface area contributed by atoms with Crippen molar-refractivity contribution < 1.29 is 0 Å². The number of nitrogens with zero attached hydrogens (tertiary/aromatic N) is 2. The number of aryl methyl sites for hydroxylation is 1. The van der Waals surface area contributed by atoms with Gasteiger partial charge >= 0.3 is 0 Å². The van der Waals surface area contributed by atoms with Gasteiger partial charge in [-0.15, -0.1) is 24.0 Å². The second kappa shape index (κ2) is 10.4. The quantitative estimate of drug-likeness (QED) is 0.195. The topological polar surface area (TPSA) is 65.1 Å². The molecule has 4 rings (SSSR count). The highest BCUT2D eigenvalue weighted by Crippen LogP contribution is 2.20. The molecule has 0 saturated carbocycles. The second-order valence-corrected chi connectivity index (χ2v) is 7.23. The Morgan fingerprint density at radius 3 is 2.80 bits per heavy atom. The second-order valence-electron chi connectivity index (χ2n) is 7.23. The Hall–Kier alpha value is -2.61. The van der Waals surface area contributed by atoms with Crippen LogP contribution in [0.1, 0.15) is 23.6 Å². The number of H-pyrrole nitrogens is 1. The Morgan fingerprint density at radius 1 is 1.07 bits per heavy atom. The molecule has 2 heterocycles. The fourth-order valence-corrected chi connectivity index (χ4v) is 3.62. The highest BCUT2D eigenvalue weighted by atomic mass is 127. The molecule has 0 spiro atoms. The largest absolute Gasteiger partial charge is 0.361 e. The van der Waals surface area contributed by atoms with Crippen LogP contribution in [0.25, 0.3) is 21.8 Å². The van der Waals surface area contributed by atoms with Gasteiger partial charge in [0, 0.05) is 41.8 Å². The first kappa shape index (κ1) is 22.1. The zero-order chi connectivity index (χ0) is 20.1. The molecule has 0 amide bonds. The third-order valence-corrected chi connectivity index (χ3v) is 5.08. The number of halogens is 1. The highest BCUT2D eigenvalue weighted by molar-refractivity contribution is 14.0. The number of aromatic amines is 1. The van der Waals surface area contributed by atoms with Crippen LogP contribution in [0.2, 0.25) is 0 Å². The number of hydrogen-bond acceptors (Lipinski definition) is 2. The van der Waals surface area contributed by atoms with E-state index in [4.69, 9.17) is 4.99 Å².